The number of non-ortho nitro benzene ring substituents is 1. The van der Waals surface area contributed by atoms with E-state index in [1.54, 1.807) is 0 Å². The minimum absolute atomic E-state index is 0.0966. The van der Waals surface area contributed by atoms with Crippen LogP contribution in [0.25, 0.3) is 0 Å². The largest absolute Gasteiger partial charge is 0.382 e. The number of nitro groups is 1. The number of nitrogens with one attached hydrogen (secondary N) is 2. The zero-order valence-corrected chi connectivity index (χ0v) is 9.99. The summed E-state index contributed by atoms with van der Waals surface area (Å²) in [6, 6.07) is 3.54. The van der Waals surface area contributed by atoms with Crippen molar-refractivity contribution in [3.8, 4) is 0 Å². The standard InChI is InChI=1S/C12H16FN3O2/c13-11-4-3-10(16(17)18)6-12(11)15-8-9-2-1-5-14-7-9/h3-4,6,9,14-15H,1-2,5,7-8H2. The highest BCUT2D eigenvalue weighted by atomic mass is 19.1. The highest BCUT2D eigenvalue weighted by molar-refractivity contribution is 5.52. The van der Waals surface area contributed by atoms with Gasteiger partial charge >= 0.3 is 0 Å². The average Bonchev–Trinajstić information content (AvgIpc) is 2.38. The van der Waals surface area contributed by atoms with E-state index in [1.165, 1.54) is 12.1 Å². The van der Waals surface area contributed by atoms with E-state index < -0.39 is 10.7 Å². The van der Waals surface area contributed by atoms with Crippen molar-refractivity contribution in [3.63, 3.8) is 0 Å². The third-order valence-electron chi connectivity index (χ3n) is 3.14. The number of hydrogen-bond donors (Lipinski definition) is 2. The Morgan fingerprint density at radius 2 is 2.39 bits per heavy atom. The van der Waals surface area contributed by atoms with Gasteiger partial charge in [-0.05, 0) is 37.9 Å². The maximum Gasteiger partial charge on any atom is 0.271 e. The number of nitro benzene ring substituents is 1. The number of nitrogens with zero attached hydrogens (tertiary/aromatic N) is 1. The fourth-order valence-electron chi connectivity index (χ4n) is 2.11. The summed E-state index contributed by atoms with van der Waals surface area (Å²) < 4.78 is 13.5. The molecule has 0 radical (unpaired) electrons. The molecule has 18 heavy (non-hydrogen) atoms. The van der Waals surface area contributed by atoms with E-state index in [0.29, 0.717) is 12.5 Å². The second kappa shape index (κ2) is 5.77. The van der Waals surface area contributed by atoms with Crippen LogP contribution in [-0.2, 0) is 0 Å². The van der Waals surface area contributed by atoms with Gasteiger partial charge in [-0.3, -0.25) is 10.1 Å². The second-order valence-electron chi connectivity index (χ2n) is 4.51. The van der Waals surface area contributed by atoms with Crippen LogP contribution in [0.4, 0.5) is 15.8 Å². The molecule has 1 aromatic carbocycles. The van der Waals surface area contributed by atoms with Gasteiger partial charge in [0.1, 0.15) is 5.82 Å². The number of rotatable bonds is 4. The summed E-state index contributed by atoms with van der Waals surface area (Å²) in [5.41, 5.74) is 0.107. The Morgan fingerprint density at radius 1 is 1.56 bits per heavy atom. The fourth-order valence-corrected chi connectivity index (χ4v) is 2.11. The van der Waals surface area contributed by atoms with Crippen LogP contribution in [-0.4, -0.2) is 24.6 Å². The van der Waals surface area contributed by atoms with Crippen molar-refractivity contribution in [3.05, 3.63) is 34.1 Å². The number of anilines is 1. The molecule has 0 saturated carbocycles. The molecule has 0 aromatic heterocycles. The predicted octanol–water partition coefficient (Wildman–Crippen LogP) is 2.15. The monoisotopic (exact) mass is 253 g/mol. The number of benzene rings is 1. The lowest BCUT2D eigenvalue weighted by atomic mass is 10.00. The molecule has 0 spiro atoms. The van der Waals surface area contributed by atoms with Crippen molar-refractivity contribution < 1.29 is 9.31 Å². The van der Waals surface area contributed by atoms with Crippen LogP contribution in [0.1, 0.15) is 12.8 Å². The first-order chi connectivity index (χ1) is 8.66. The summed E-state index contributed by atoms with van der Waals surface area (Å²) >= 11 is 0. The minimum Gasteiger partial charge on any atom is -0.382 e. The number of hydrogen-bond acceptors (Lipinski definition) is 4. The first kappa shape index (κ1) is 12.8. The van der Waals surface area contributed by atoms with Gasteiger partial charge in [0, 0.05) is 18.7 Å². The van der Waals surface area contributed by atoms with Crippen molar-refractivity contribution in [2.24, 2.45) is 5.92 Å². The van der Waals surface area contributed by atoms with Crippen LogP contribution in [0.15, 0.2) is 18.2 Å². The van der Waals surface area contributed by atoms with Gasteiger partial charge in [-0.15, -0.1) is 0 Å². The topological polar surface area (TPSA) is 67.2 Å². The molecule has 1 aromatic rings. The maximum absolute atomic E-state index is 13.5. The molecule has 1 aliphatic heterocycles. The van der Waals surface area contributed by atoms with Gasteiger partial charge in [0.25, 0.3) is 5.69 Å². The molecule has 0 aliphatic carbocycles. The van der Waals surface area contributed by atoms with Crippen molar-refractivity contribution in [1.29, 1.82) is 0 Å². The predicted molar refractivity (Wildman–Crippen MR) is 67.1 cm³/mol. The molecule has 1 heterocycles. The average molecular weight is 253 g/mol. The van der Waals surface area contributed by atoms with Crippen LogP contribution in [0.3, 0.4) is 0 Å². The molecule has 0 bridgehead atoms. The van der Waals surface area contributed by atoms with Gasteiger partial charge in [-0.1, -0.05) is 0 Å². The number of halogens is 1. The Kier molecular flexibility index (Phi) is 4.09. The van der Waals surface area contributed by atoms with E-state index in [4.69, 9.17) is 0 Å². The molecule has 1 aliphatic rings. The van der Waals surface area contributed by atoms with Gasteiger partial charge in [0.15, 0.2) is 0 Å². The SMILES string of the molecule is O=[N+]([O-])c1ccc(F)c(NCC2CCCNC2)c1. The van der Waals surface area contributed by atoms with E-state index >= 15 is 0 Å². The van der Waals surface area contributed by atoms with Crippen molar-refractivity contribution in [2.45, 2.75) is 12.8 Å². The number of piperidine rings is 1. The highest BCUT2D eigenvalue weighted by Crippen LogP contribution is 2.22. The lowest BCUT2D eigenvalue weighted by Crippen LogP contribution is -2.33. The van der Waals surface area contributed by atoms with E-state index in [-0.39, 0.29) is 11.4 Å². The Hall–Kier alpha value is -1.69. The molecular formula is C12H16FN3O2. The summed E-state index contributed by atoms with van der Waals surface area (Å²) in [6.07, 6.45) is 2.21. The Labute approximate surface area is 105 Å². The van der Waals surface area contributed by atoms with Crippen LogP contribution >= 0.6 is 0 Å². The van der Waals surface area contributed by atoms with Gasteiger partial charge in [0.2, 0.25) is 0 Å². The molecule has 1 atom stereocenters. The molecule has 98 valence electrons. The molecule has 6 heteroatoms. The van der Waals surface area contributed by atoms with Crippen molar-refractivity contribution in [2.75, 3.05) is 25.0 Å². The van der Waals surface area contributed by atoms with Crippen LogP contribution in [0, 0.1) is 21.8 Å². The quantitative estimate of drug-likeness (QED) is 0.637. The smallest absolute Gasteiger partial charge is 0.271 e. The maximum atomic E-state index is 13.5. The zero-order chi connectivity index (χ0) is 13.0. The van der Waals surface area contributed by atoms with Gasteiger partial charge < -0.3 is 10.6 Å². The van der Waals surface area contributed by atoms with Gasteiger partial charge in [-0.25, -0.2) is 4.39 Å². The summed E-state index contributed by atoms with van der Waals surface area (Å²) in [5.74, 6) is -0.0122. The summed E-state index contributed by atoms with van der Waals surface area (Å²) in [5, 5.41) is 16.8. The molecule has 0 amide bonds. The molecule has 1 saturated heterocycles. The molecular weight excluding hydrogens is 237 g/mol. The zero-order valence-electron chi connectivity index (χ0n) is 9.99. The minimum atomic E-state index is -0.521. The second-order valence-corrected chi connectivity index (χ2v) is 4.51. The van der Waals surface area contributed by atoms with E-state index in [1.807, 2.05) is 0 Å². The lowest BCUT2D eigenvalue weighted by Gasteiger charge is -2.23. The molecule has 5 nitrogen and oxygen atoms in total. The molecule has 1 fully saturated rings. The first-order valence-corrected chi connectivity index (χ1v) is 6.05. The van der Waals surface area contributed by atoms with Crippen LogP contribution < -0.4 is 10.6 Å². The third-order valence-corrected chi connectivity index (χ3v) is 3.14. The van der Waals surface area contributed by atoms with E-state index in [0.717, 1.165) is 32.0 Å². The fraction of sp³-hybridized carbons (Fsp3) is 0.500. The Balaban J connectivity index is 1.99. The normalized spacial score (nSPS) is 19.5. The van der Waals surface area contributed by atoms with E-state index in [2.05, 4.69) is 10.6 Å². The third kappa shape index (κ3) is 3.16. The van der Waals surface area contributed by atoms with E-state index in [9.17, 15) is 14.5 Å². The molecule has 2 N–H and O–H groups in total. The summed E-state index contributed by atoms with van der Waals surface area (Å²) in [4.78, 5) is 10.1. The Bertz CT molecular complexity index is 433. The Morgan fingerprint density at radius 3 is 3.06 bits per heavy atom. The van der Waals surface area contributed by atoms with Gasteiger partial charge in [-0.2, -0.15) is 0 Å². The van der Waals surface area contributed by atoms with Gasteiger partial charge in [0.05, 0.1) is 10.6 Å². The van der Waals surface area contributed by atoms with Crippen LogP contribution in [0.5, 0.6) is 0 Å². The van der Waals surface area contributed by atoms with Crippen LogP contribution in [0.2, 0.25) is 0 Å². The lowest BCUT2D eigenvalue weighted by molar-refractivity contribution is -0.384. The van der Waals surface area contributed by atoms with Crippen molar-refractivity contribution in [1.82, 2.24) is 5.32 Å². The highest BCUT2D eigenvalue weighted by Gasteiger charge is 2.15. The summed E-state index contributed by atoms with van der Waals surface area (Å²) in [7, 11) is 0. The summed E-state index contributed by atoms with van der Waals surface area (Å²) in [6.45, 7) is 2.57. The molecule has 1 unspecified atom stereocenters. The molecule has 2 rings (SSSR count). The van der Waals surface area contributed by atoms with Crippen molar-refractivity contribution >= 4 is 11.4 Å². The first-order valence-electron chi connectivity index (χ1n) is 6.05.